The second kappa shape index (κ2) is 19.6. The first kappa shape index (κ1) is 28.7. The molecule has 0 rings (SSSR count). The molecule has 0 spiro atoms. The van der Waals surface area contributed by atoms with Crippen LogP contribution >= 0.6 is 0 Å². The Kier molecular flexibility index (Phi) is 24.4. The molecule has 0 saturated carbocycles. The number of aliphatic hydroxyl groups excluding tert-OH is 2. The number of carboxylic acids is 3. The maximum absolute atomic E-state index is 9.60. The molecule has 134 valence electrons. The van der Waals surface area contributed by atoms with Crippen molar-refractivity contribution in [1.82, 2.24) is 0 Å². The topological polar surface area (TPSA) is 152 Å². The second-order valence-corrected chi connectivity index (χ2v) is 4.07. The van der Waals surface area contributed by atoms with Gasteiger partial charge in [0.1, 0.15) is 0 Å². The Labute approximate surface area is 135 Å². The molecule has 0 aromatic rings. The lowest BCUT2D eigenvalue weighted by Gasteiger charge is -1.95. The summed E-state index contributed by atoms with van der Waals surface area (Å²) >= 11 is 0. The van der Waals surface area contributed by atoms with Gasteiger partial charge in [0.2, 0.25) is 0 Å². The highest BCUT2D eigenvalue weighted by atomic mass is 16.4. The van der Waals surface area contributed by atoms with Crippen LogP contribution in [0.3, 0.4) is 0 Å². The number of aliphatic carboxylic acids is 3. The minimum Gasteiger partial charge on any atom is -0.478 e. The van der Waals surface area contributed by atoms with Crippen molar-refractivity contribution < 1.29 is 39.9 Å². The Morgan fingerprint density at radius 2 is 1.22 bits per heavy atom. The maximum atomic E-state index is 9.60. The van der Waals surface area contributed by atoms with Crippen molar-refractivity contribution in [2.24, 2.45) is 0 Å². The first-order valence-electron chi connectivity index (χ1n) is 6.25. The Morgan fingerprint density at radius 3 is 1.22 bits per heavy atom. The quantitative estimate of drug-likeness (QED) is 0.472. The van der Waals surface area contributed by atoms with Crippen molar-refractivity contribution in [3.63, 3.8) is 0 Å². The van der Waals surface area contributed by atoms with Crippen molar-refractivity contribution in [3.05, 3.63) is 37.0 Å². The largest absolute Gasteiger partial charge is 0.478 e. The number of rotatable bonds is 5. The minimum atomic E-state index is -0.981. The Morgan fingerprint density at radius 1 is 1.00 bits per heavy atom. The van der Waals surface area contributed by atoms with Crippen LogP contribution in [0.5, 0.6) is 0 Å². The highest BCUT2D eigenvalue weighted by Gasteiger charge is 1.90. The van der Waals surface area contributed by atoms with E-state index >= 15 is 0 Å². The molecule has 0 aliphatic rings. The highest BCUT2D eigenvalue weighted by Crippen LogP contribution is 1.83. The van der Waals surface area contributed by atoms with Gasteiger partial charge in [-0.3, -0.25) is 0 Å². The molecule has 1 unspecified atom stereocenters. The molecule has 8 nitrogen and oxygen atoms in total. The van der Waals surface area contributed by atoms with Crippen molar-refractivity contribution in [2.45, 2.75) is 33.3 Å². The van der Waals surface area contributed by atoms with E-state index in [-0.39, 0.29) is 23.9 Å². The summed E-state index contributed by atoms with van der Waals surface area (Å²) in [5.74, 6) is -2.85. The summed E-state index contributed by atoms with van der Waals surface area (Å²) in [5, 5.41) is 39.9. The molecule has 0 saturated heterocycles. The molecule has 0 amide bonds. The third kappa shape index (κ3) is 54.1. The predicted octanol–water partition coefficient (Wildman–Crippen LogP) is 1.30. The van der Waals surface area contributed by atoms with Gasteiger partial charge in [0, 0.05) is 23.8 Å². The van der Waals surface area contributed by atoms with Crippen molar-refractivity contribution >= 4 is 17.9 Å². The average molecular weight is 334 g/mol. The Hall–Kier alpha value is -2.45. The normalized spacial score (nSPS) is 9.09. The fourth-order valence-corrected chi connectivity index (χ4v) is 0.187. The summed E-state index contributed by atoms with van der Waals surface area (Å²) < 4.78 is 0. The number of aliphatic hydroxyl groups is 2. The molecule has 0 heterocycles. The van der Waals surface area contributed by atoms with Crippen LogP contribution in [0, 0.1) is 0 Å². The van der Waals surface area contributed by atoms with Gasteiger partial charge in [0.05, 0.1) is 6.10 Å². The number of hydrogen-bond acceptors (Lipinski definition) is 5. The molecule has 23 heavy (non-hydrogen) atoms. The first-order chi connectivity index (χ1) is 10.3. The SMILES string of the molecule is C=C(C)C(=O)O.C=C(C)C(=O)O.C=CC(=O)O.CC(O)CCO. The van der Waals surface area contributed by atoms with Gasteiger partial charge in [-0.1, -0.05) is 19.7 Å². The van der Waals surface area contributed by atoms with Gasteiger partial charge in [0.25, 0.3) is 0 Å². The van der Waals surface area contributed by atoms with Crippen LogP contribution in [0.2, 0.25) is 0 Å². The summed E-state index contributed by atoms with van der Waals surface area (Å²) in [5.41, 5.74) is 0.352. The number of hydrogen-bond donors (Lipinski definition) is 5. The third-order valence-corrected chi connectivity index (χ3v) is 1.45. The lowest BCUT2D eigenvalue weighted by molar-refractivity contribution is -0.133. The fraction of sp³-hybridized carbons (Fsp3) is 0.400. The summed E-state index contributed by atoms with van der Waals surface area (Å²) in [6, 6.07) is 0. The van der Waals surface area contributed by atoms with Crippen LogP contribution < -0.4 is 0 Å². The van der Waals surface area contributed by atoms with E-state index in [1.807, 2.05) is 0 Å². The molecule has 8 heteroatoms. The van der Waals surface area contributed by atoms with E-state index < -0.39 is 17.9 Å². The first-order valence-corrected chi connectivity index (χ1v) is 6.25. The van der Waals surface area contributed by atoms with E-state index in [2.05, 4.69) is 19.7 Å². The van der Waals surface area contributed by atoms with Gasteiger partial charge < -0.3 is 25.5 Å². The van der Waals surface area contributed by atoms with Gasteiger partial charge in [-0.2, -0.15) is 0 Å². The lowest BCUT2D eigenvalue weighted by atomic mass is 10.3. The molecule has 5 N–H and O–H groups in total. The predicted molar refractivity (Wildman–Crippen MR) is 86.1 cm³/mol. The van der Waals surface area contributed by atoms with Crippen LogP contribution in [0.4, 0.5) is 0 Å². The van der Waals surface area contributed by atoms with E-state index in [1.165, 1.54) is 13.8 Å². The summed E-state index contributed by atoms with van der Waals surface area (Å²) in [7, 11) is 0. The molecule has 0 bridgehead atoms. The van der Waals surface area contributed by atoms with Crippen molar-refractivity contribution in [1.29, 1.82) is 0 Å². The van der Waals surface area contributed by atoms with Crippen LogP contribution in [0.1, 0.15) is 27.2 Å². The molecule has 1 atom stereocenters. The van der Waals surface area contributed by atoms with E-state index in [1.54, 1.807) is 6.92 Å². The van der Waals surface area contributed by atoms with Crippen molar-refractivity contribution in [3.8, 4) is 0 Å². The highest BCUT2D eigenvalue weighted by molar-refractivity contribution is 5.85. The number of carboxylic acid groups (broad SMARTS) is 3. The standard InChI is InChI=1S/C4H10O2.2C4H6O2.C3H4O2/c1-4(6)2-3-5;2*1-3(2)4(5)6;1-2-3(4)5/h4-6H,2-3H2,1H3;2*1H2,2H3,(H,5,6);2H,1H2,(H,4,5). The monoisotopic (exact) mass is 334 g/mol. The van der Waals surface area contributed by atoms with E-state index in [4.69, 9.17) is 25.5 Å². The lowest BCUT2D eigenvalue weighted by Crippen LogP contribution is -2.00. The van der Waals surface area contributed by atoms with Crippen molar-refractivity contribution in [2.75, 3.05) is 6.61 Å². The number of carbonyl (C=O) groups is 3. The van der Waals surface area contributed by atoms with E-state index in [0.29, 0.717) is 6.42 Å². The zero-order valence-corrected chi connectivity index (χ0v) is 13.7. The zero-order chi connectivity index (χ0) is 19.6. The molecular weight excluding hydrogens is 308 g/mol. The molecule has 0 aliphatic carbocycles. The third-order valence-electron chi connectivity index (χ3n) is 1.45. The van der Waals surface area contributed by atoms with Gasteiger partial charge in [-0.25, -0.2) is 14.4 Å². The molecular formula is C15H26O8. The smallest absolute Gasteiger partial charge is 0.330 e. The van der Waals surface area contributed by atoms with Crippen LogP contribution in [-0.4, -0.2) is 56.2 Å². The summed E-state index contributed by atoms with van der Waals surface area (Å²) in [6.45, 7) is 13.9. The second-order valence-electron chi connectivity index (χ2n) is 4.07. The molecule has 0 fully saturated rings. The Balaban J connectivity index is -0.000000105. The fourth-order valence-electron chi connectivity index (χ4n) is 0.187. The molecule has 0 aromatic carbocycles. The van der Waals surface area contributed by atoms with Gasteiger partial charge in [0.15, 0.2) is 0 Å². The van der Waals surface area contributed by atoms with Crippen LogP contribution in [0.15, 0.2) is 37.0 Å². The zero-order valence-electron chi connectivity index (χ0n) is 13.7. The molecule has 0 aromatic heterocycles. The molecule has 0 aliphatic heterocycles. The summed E-state index contributed by atoms with van der Waals surface area (Å²) in [6.07, 6.45) is 0.968. The molecule has 0 radical (unpaired) electrons. The minimum absolute atomic E-state index is 0.0810. The van der Waals surface area contributed by atoms with E-state index in [9.17, 15) is 14.4 Å². The van der Waals surface area contributed by atoms with Gasteiger partial charge in [-0.15, -0.1) is 0 Å². The summed E-state index contributed by atoms with van der Waals surface area (Å²) in [4.78, 5) is 28.4. The van der Waals surface area contributed by atoms with Crippen LogP contribution in [0.25, 0.3) is 0 Å². The van der Waals surface area contributed by atoms with Gasteiger partial charge in [-0.05, 0) is 27.2 Å². The van der Waals surface area contributed by atoms with Crippen LogP contribution in [-0.2, 0) is 14.4 Å². The Bertz CT molecular complexity index is 348. The van der Waals surface area contributed by atoms with E-state index in [0.717, 1.165) is 6.08 Å². The van der Waals surface area contributed by atoms with Gasteiger partial charge >= 0.3 is 17.9 Å². The maximum Gasteiger partial charge on any atom is 0.330 e. The average Bonchev–Trinajstić information content (AvgIpc) is 2.40.